The van der Waals surface area contributed by atoms with Crippen LogP contribution < -0.4 is 5.32 Å². The highest BCUT2D eigenvalue weighted by molar-refractivity contribution is 9.10. The topological polar surface area (TPSA) is 24.9 Å². The summed E-state index contributed by atoms with van der Waals surface area (Å²) in [5, 5.41) is 4.54. The first-order valence-corrected chi connectivity index (χ1v) is 7.61. The highest BCUT2D eigenvalue weighted by atomic mass is 79.9. The van der Waals surface area contributed by atoms with E-state index < -0.39 is 0 Å². The van der Waals surface area contributed by atoms with Crippen LogP contribution in [0, 0.1) is 0 Å². The van der Waals surface area contributed by atoms with Crippen molar-refractivity contribution in [2.75, 3.05) is 11.9 Å². The molecule has 1 aromatic rings. The van der Waals surface area contributed by atoms with E-state index in [1.807, 2.05) is 18.3 Å². The van der Waals surface area contributed by atoms with E-state index in [1.165, 1.54) is 25.7 Å². The molecule has 0 saturated carbocycles. The molecule has 0 aromatic carbocycles. The Morgan fingerprint density at radius 2 is 1.94 bits per heavy atom. The monoisotopic (exact) mass is 348 g/mol. The minimum atomic E-state index is 0.867. The van der Waals surface area contributed by atoms with Gasteiger partial charge in [0.1, 0.15) is 0 Å². The highest BCUT2D eigenvalue weighted by Crippen LogP contribution is 2.07. The molecule has 0 unspecified atom stereocenters. The van der Waals surface area contributed by atoms with Gasteiger partial charge >= 0.3 is 0 Å². The van der Waals surface area contributed by atoms with Crippen LogP contribution in [0.15, 0.2) is 22.8 Å². The van der Waals surface area contributed by atoms with Crippen molar-refractivity contribution >= 4 is 31.9 Å². The molecule has 90 valence electrons. The molecule has 0 radical (unpaired) electrons. The summed E-state index contributed by atoms with van der Waals surface area (Å²) in [7, 11) is 0. The number of hydrogen-bond donors (Lipinski definition) is 1. The van der Waals surface area contributed by atoms with E-state index in [1.54, 1.807) is 0 Å². The van der Waals surface area contributed by atoms with Crippen LogP contribution in [-0.4, -0.2) is 16.9 Å². The lowest BCUT2D eigenvalue weighted by Crippen LogP contribution is -2.15. The van der Waals surface area contributed by atoms with Crippen LogP contribution in [0.3, 0.4) is 0 Å². The minimum absolute atomic E-state index is 0.867. The molecule has 0 spiro atoms. The molecular weight excluding hydrogens is 332 g/mol. The van der Waals surface area contributed by atoms with Gasteiger partial charge in [0.25, 0.3) is 0 Å². The van der Waals surface area contributed by atoms with Gasteiger partial charge in [0.2, 0.25) is 0 Å². The fraction of sp³-hybridized carbons (Fsp3) is 0.583. The molecule has 0 atom stereocenters. The average molecular weight is 350 g/mol. The Labute approximate surface area is 114 Å². The molecular formula is C12H18Br2N2. The smallest absolute Gasteiger partial charge is 0.0542 e. The van der Waals surface area contributed by atoms with E-state index in [9.17, 15) is 0 Å². The normalized spacial score (nSPS) is 10.6. The number of nitrogens with zero attached hydrogens (tertiary/aromatic N) is 1. The van der Waals surface area contributed by atoms with Crippen molar-refractivity contribution in [2.45, 2.75) is 32.2 Å². The molecule has 0 aliphatic rings. The van der Waals surface area contributed by atoms with E-state index >= 15 is 0 Å². The molecule has 0 amide bonds. The maximum atomic E-state index is 4.31. The van der Waals surface area contributed by atoms with Gasteiger partial charge in [-0.2, -0.15) is 0 Å². The van der Waals surface area contributed by atoms with Crippen LogP contribution >= 0.6 is 31.9 Å². The van der Waals surface area contributed by atoms with Crippen LogP contribution in [0.25, 0.3) is 0 Å². The second kappa shape index (κ2) is 9.14. The summed E-state index contributed by atoms with van der Waals surface area (Å²) in [6.45, 7) is 1.95. The second-order valence-corrected chi connectivity index (χ2v) is 5.46. The zero-order valence-electron chi connectivity index (χ0n) is 9.38. The maximum absolute atomic E-state index is 4.31. The van der Waals surface area contributed by atoms with Crippen molar-refractivity contribution in [3.63, 3.8) is 0 Å². The summed E-state index contributed by atoms with van der Waals surface area (Å²) in [6, 6.07) is 4.07. The lowest BCUT2D eigenvalue weighted by molar-refractivity contribution is 0.595. The fourth-order valence-electron chi connectivity index (χ4n) is 1.43. The summed E-state index contributed by atoms with van der Waals surface area (Å²) in [5.74, 6) is 0. The van der Waals surface area contributed by atoms with Crippen molar-refractivity contribution in [3.8, 4) is 0 Å². The summed E-state index contributed by atoms with van der Waals surface area (Å²) >= 11 is 6.82. The van der Waals surface area contributed by atoms with Gasteiger partial charge in [-0.25, -0.2) is 0 Å². The van der Waals surface area contributed by atoms with Gasteiger partial charge in [0, 0.05) is 22.5 Å². The first kappa shape index (κ1) is 14.1. The summed E-state index contributed by atoms with van der Waals surface area (Å²) < 4.78 is 1.03. The van der Waals surface area contributed by atoms with Gasteiger partial charge in [0.05, 0.1) is 5.69 Å². The van der Waals surface area contributed by atoms with Crippen LogP contribution in [0.4, 0.5) is 0 Å². The third-order valence-electron chi connectivity index (χ3n) is 2.33. The molecule has 1 N–H and O–H groups in total. The van der Waals surface area contributed by atoms with Crippen molar-refractivity contribution < 1.29 is 0 Å². The van der Waals surface area contributed by atoms with Gasteiger partial charge in [0.15, 0.2) is 0 Å². The molecule has 0 aliphatic heterocycles. The SMILES string of the molecule is BrCCCCCCNCc1ccc(Br)cn1. The molecule has 0 bridgehead atoms. The van der Waals surface area contributed by atoms with Gasteiger partial charge < -0.3 is 5.32 Å². The molecule has 4 heteroatoms. The molecule has 0 saturated heterocycles. The quantitative estimate of drug-likeness (QED) is 0.569. The Bertz CT molecular complexity index is 275. The zero-order chi connectivity index (χ0) is 11.6. The van der Waals surface area contributed by atoms with Gasteiger partial charge in [-0.15, -0.1) is 0 Å². The fourth-order valence-corrected chi connectivity index (χ4v) is 2.06. The lowest BCUT2D eigenvalue weighted by atomic mass is 10.2. The minimum Gasteiger partial charge on any atom is -0.311 e. The van der Waals surface area contributed by atoms with Gasteiger partial charge in [-0.05, 0) is 47.4 Å². The summed E-state index contributed by atoms with van der Waals surface area (Å²) in [4.78, 5) is 4.31. The van der Waals surface area contributed by atoms with E-state index in [4.69, 9.17) is 0 Å². The molecule has 16 heavy (non-hydrogen) atoms. The predicted molar refractivity (Wildman–Crippen MR) is 75.9 cm³/mol. The van der Waals surface area contributed by atoms with Crippen LogP contribution in [-0.2, 0) is 6.54 Å². The number of rotatable bonds is 8. The average Bonchev–Trinajstić information content (AvgIpc) is 2.30. The maximum Gasteiger partial charge on any atom is 0.0542 e. The standard InChI is InChI=1S/C12H18Br2N2/c13-7-3-1-2-4-8-15-10-12-6-5-11(14)9-16-12/h5-6,9,15H,1-4,7-8,10H2. The first-order valence-electron chi connectivity index (χ1n) is 5.70. The van der Waals surface area contributed by atoms with Crippen LogP contribution in [0.1, 0.15) is 31.4 Å². The molecule has 1 rings (SSSR count). The van der Waals surface area contributed by atoms with Crippen LogP contribution in [0.5, 0.6) is 0 Å². The molecule has 2 nitrogen and oxygen atoms in total. The molecule has 0 fully saturated rings. The molecule has 1 aromatic heterocycles. The number of hydrogen-bond acceptors (Lipinski definition) is 2. The number of pyridine rings is 1. The largest absolute Gasteiger partial charge is 0.311 e. The third-order valence-corrected chi connectivity index (χ3v) is 3.36. The second-order valence-electron chi connectivity index (χ2n) is 3.75. The van der Waals surface area contributed by atoms with E-state index in [2.05, 4.69) is 42.2 Å². The Kier molecular flexibility index (Phi) is 8.07. The number of unbranched alkanes of at least 4 members (excludes halogenated alkanes) is 3. The van der Waals surface area contributed by atoms with Gasteiger partial charge in [-0.3, -0.25) is 4.98 Å². The van der Waals surface area contributed by atoms with Crippen LogP contribution in [0.2, 0.25) is 0 Å². The van der Waals surface area contributed by atoms with E-state index in [0.29, 0.717) is 0 Å². The van der Waals surface area contributed by atoms with Gasteiger partial charge in [-0.1, -0.05) is 28.8 Å². The summed E-state index contributed by atoms with van der Waals surface area (Å²) in [5.41, 5.74) is 1.10. The van der Waals surface area contributed by atoms with Crippen molar-refractivity contribution in [3.05, 3.63) is 28.5 Å². The molecule has 0 aliphatic carbocycles. The highest BCUT2D eigenvalue weighted by Gasteiger charge is 1.94. The van der Waals surface area contributed by atoms with E-state index in [0.717, 1.165) is 28.6 Å². The molecule has 1 heterocycles. The Balaban J connectivity index is 2.01. The zero-order valence-corrected chi connectivity index (χ0v) is 12.6. The van der Waals surface area contributed by atoms with Crippen molar-refractivity contribution in [1.82, 2.24) is 10.3 Å². The lowest BCUT2D eigenvalue weighted by Gasteiger charge is -2.04. The third kappa shape index (κ3) is 6.61. The predicted octanol–water partition coefficient (Wildman–Crippen LogP) is 3.89. The first-order chi connectivity index (χ1) is 7.83. The van der Waals surface area contributed by atoms with Crippen molar-refractivity contribution in [2.24, 2.45) is 0 Å². The number of alkyl halides is 1. The summed E-state index contributed by atoms with van der Waals surface area (Å²) in [6.07, 6.45) is 7.01. The Morgan fingerprint density at radius 3 is 2.62 bits per heavy atom. The number of halogens is 2. The van der Waals surface area contributed by atoms with Crippen molar-refractivity contribution in [1.29, 1.82) is 0 Å². The Hall–Kier alpha value is 0.0700. The van der Waals surface area contributed by atoms with E-state index in [-0.39, 0.29) is 0 Å². The number of nitrogens with one attached hydrogen (secondary N) is 1. The number of aromatic nitrogens is 1. The Morgan fingerprint density at radius 1 is 1.12 bits per heavy atom.